The van der Waals surface area contributed by atoms with E-state index in [1.54, 1.807) is 18.2 Å². The molecule has 7 heteroatoms. The number of benzene rings is 2. The Labute approximate surface area is 135 Å². The van der Waals surface area contributed by atoms with Crippen molar-refractivity contribution in [2.45, 2.75) is 0 Å². The maximum atomic E-state index is 12.1. The number of carbonyl (C=O) groups is 1. The Morgan fingerprint density at radius 2 is 1.55 bits per heavy atom. The Bertz CT molecular complexity index is 665. The van der Waals surface area contributed by atoms with Crippen LogP contribution in [0.3, 0.4) is 0 Å². The lowest BCUT2D eigenvalue weighted by Crippen LogP contribution is -2.12. The van der Waals surface area contributed by atoms with Gasteiger partial charge in [-0.25, -0.2) is 0 Å². The van der Waals surface area contributed by atoms with Crippen molar-refractivity contribution in [1.82, 2.24) is 0 Å². The SMILES string of the molecule is Nc1c(Cl)cc(C(=O)Nc2cc(Cl)ccc2Cl)cc1Cl. The van der Waals surface area contributed by atoms with Crippen molar-refractivity contribution >= 4 is 63.7 Å². The normalized spacial score (nSPS) is 10.4. The van der Waals surface area contributed by atoms with Gasteiger partial charge in [0.15, 0.2) is 0 Å². The Balaban J connectivity index is 2.31. The second kappa shape index (κ2) is 6.10. The van der Waals surface area contributed by atoms with Crippen molar-refractivity contribution in [2.24, 2.45) is 0 Å². The first kappa shape index (κ1) is 15.3. The van der Waals surface area contributed by atoms with Gasteiger partial charge in [-0.1, -0.05) is 46.4 Å². The number of hydrogen-bond acceptors (Lipinski definition) is 2. The van der Waals surface area contributed by atoms with Crippen LogP contribution < -0.4 is 11.1 Å². The molecule has 0 atom stereocenters. The molecule has 2 rings (SSSR count). The topological polar surface area (TPSA) is 55.1 Å². The first-order valence-electron chi connectivity index (χ1n) is 5.39. The second-order valence-corrected chi connectivity index (χ2v) is 5.59. The van der Waals surface area contributed by atoms with Crippen LogP contribution in [0.1, 0.15) is 10.4 Å². The molecule has 0 aliphatic heterocycles. The highest BCUT2D eigenvalue weighted by molar-refractivity contribution is 6.39. The minimum atomic E-state index is -0.419. The van der Waals surface area contributed by atoms with Crippen molar-refractivity contribution in [1.29, 1.82) is 0 Å². The molecule has 20 heavy (non-hydrogen) atoms. The molecule has 0 fully saturated rings. The summed E-state index contributed by atoms with van der Waals surface area (Å²) in [6.07, 6.45) is 0. The largest absolute Gasteiger partial charge is 0.396 e. The van der Waals surface area contributed by atoms with E-state index in [9.17, 15) is 4.79 Å². The summed E-state index contributed by atoms with van der Waals surface area (Å²) < 4.78 is 0. The fraction of sp³-hybridized carbons (Fsp3) is 0. The van der Waals surface area contributed by atoms with Crippen molar-refractivity contribution in [2.75, 3.05) is 11.1 Å². The minimum Gasteiger partial charge on any atom is -0.396 e. The molecule has 2 aromatic rings. The number of carbonyl (C=O) groups excluding carboxylic acids is 1. The van der Waals surface area contributed by atoms with E-state index < -0.39 is 5.91 Å². The average molecular weight is 350 g/mol. The van der Waals surface area contributed by atoms with Gasteiger partial charge in [-0.15, -0.1) is 0 Å². The van der Waals surface area contributed by atoms with Crippen LogP contribution >= 0.6 is 46.4 Å². The third kappa shape index (κ3) is 3.30. The first-order chi connectivity index (χ1) is 9.38. The van der Waals surface area contributed by atoms with Crippen molar-refractivity contribution in [3.8, 4) is 0 Å². The molecule has 3 nitrogen and oxygen atoms in total. The summed E-state index contributed by atoms with van der Waals surface area (Å²) in [5.74, 6) is -0.419. The monoisotopic (exact) mass is 348 g/mol. The van der Waals surface area contributed by atoms with Gasteiger partial charge in [0.2, 0.25) is 0 Å². The molecule has 0 unspecified atom stereocenters. The summed E-state index contributed by atoms with van der Waals surface area (Å²) in [5, 5.41) is 3.87. The van der Waals surface area contributed by atoms with Gasteiger partial charge in [0.1, 0.15) is 0 Å². The lowest BCUT2D eigenvalue weighted by atomic mass is 10.2. The fourth-order valence-corrected chi connectivity index (χ4v) is 2.33. The number of rotatable bonds is 2. The van der Waals surface area contributed by atoms with E-state index in [1.165, 1.54) is 12.1 Å². The zero-order valence-corrected chi connectivity index (χ0v) is 12.9. The number of nitrogen functional groups attached to an aromatic ring is 1. The van der Waals surface area contributed by atoms with Crippen LogP contribution in [-0.4, -0.2) is 5.91 Å². The molecule has 2 aromatic carbocycles. The van der Waals surface area contributed by atoms with Gasteiger partial charge in [0, 0.05) is 10.6 Å². The predicted molar refractivity (Wildman–Crippen MR) is 85.3 cm³/mol. The molecule has 3 N–H and O–H groups in total. The number of nitrogens with two attached hydrogens (primary N) is 1. The van der Waals surface area contributed by atoms with E-state index in [0.717, 1.165) is 0 Å². The lowest BCUT2D eigenvalue weighted by Gasteiger charge is -2.09. The molecular weight excluding hydrogens is 342 g/mol. The van der Waals surface area contributed by atoms with Crippen LogP contribution in [0.5, 0.6) is 0 Å². The fourth-order valence-electron chi connectivity index (χ4n) is 1.50. The molecule has 0 saturated heterocycles. The summed E-state index contributed by atoms with van der Waals surface area (Å²) in [6.45, 7) is 0. The van der Waals surface area contributed by atoms with Gasteiger partial charge < -0.3 is 11.1 Å². The van der Waals surface area contributed by atoms with E-state index in [4.69, 9.17) is 52.1 Å². The highest BCUT2D eigenvalue weighted by Crippen LogP contribution is 2.30. The Hall–Kier alpha value is -1.13. The number of halogens is 4. The number of amides is 1. The summed E-state index contributed by atoms with van der Waals surface area (Å²) in [7, 11) is 0. The standard InChI is InChI=1S/C13H8Cl4N2O/c14-7-1-2-8(15)11(5-7)19-13(20)6-3-9(16)12(18)10(17)4-6/h1-5H,18H2,(H,19,20). The highest BCUT2D eigenvalue weighted by Gasteiger charge is 2.13. The quantitative estimate of drug-likeness (QED) is 0.738. The van der Waals surface area contributed by atoms with Crippen LogP contribution in [0.15, 0.2) is 30.3 Å². The van der Waals surface area contributed by atoms with Crippen LogP contribution in [0.2, 0.25) is 20.1 Å². The van der Waals surface area contributed by atoms with E-state index in [-0.39, 0.29) is 21.3 Å². The van der Waals surface area contributed by atoms with Crippen LogP contribution in [-0.2, 0) is 0 Å². The van der Waals surface area contributed by atoms with Crippen molar-refractivity contribution in [3.63, 3.8) is 0 Å². The molecule has 0 aliphatic carbocycles. The molecule has 0 bridgehead atoms. The molecule has 0 heterocycles. The van der Waals surface area contributed by atoms with Gasteiger partial charge >= 0.3 is 0 Å². The zero-order chi connectivity index (χ0) is 14.9. The van der Waals surface area contributed by atoms with Crippen LogP contribution in [0.4, 0.5) is 11.4 Å². The summed E-state index contributed by atoms with van der Waals surface area (Å²) >= 11 is 23.6. The maximum Gasteiger partial charge on any atom is 0.255 e. The first-order valence-corrected chi connectivity index (χ1v) is 6.90. The third-order valence-corrected chi connectivity index (χ3v) is 3.71. The van der Waals surface area contributed by atoms with E-state index in [0.29, 0.717) is 15.7 Å². The maximum absolute atomic E-state index is 12.1. The molecule has 1 amide bonds. The third-order valence-electron chi connectivity index (χ3n) is 2.52. The van der Waals surface area contributed by atoms with Gasteiger partial charge in [0.25, 0.3) is 5.91 Å². The Kier molecular flexibility index (Phi) is 4.66. The number of nitrogens with one attached hydrogen (secondary N) is 1. The second-order valence-electron chi connectivity index (χ2n) is 3.93. The summed E-state index contributed by atoms with van der Waals surface area (Å²) in [5.41, 5.74) is 6.51. The molecule has 0 spiro atoms. The van der Waals surface area contributed by atoms with E-state index >= 15 is 0 Å². The lowest BCUT2D eigenvalue weighted by molar-refractivity contribution is 0.102. The summed E-state index contributed by atoms with van der Waals surface area (Å²) in [4.78, 5) is 12.1. The molecule has 0 aromatic heterocycles. The van der Waals surface area contributed by atoms with Crippen LogP contribution in [0.25, 0.3) is 0 Å². The van der Waals surface area contributed by atoms with Gasteiger partial charge in [0.05, 0.1) is 26.4 Å². The Morgan fingerprint density at radius 1 is 0.950 bits per heavy atom. The van der Waals surface area contributed by atoms with Crippen LogP contribution in [0, 0.1) is 0 Å². The molecule has 0 saturated carbocycles. The summed E-state index contributed by atoms with van der Waals surface area (Å²) in [6, 6.07) is 7.61. The van der Waals surface area contributed by atoms with Gasteiger partial charge in [-0.3, -0.25) is 4.79 Å². The smallest absolute Gasteiger partial charge is 0.255 e. The Morgan fingerprint density at radius 3 is 2.15 bits per heavy atom. The van der Waals surface area contributed by atoms with E-state index in [2.05, 4.69) is 5.32 Å². The molecule has 0 radical (unpaired) electrons. The van der Waals surface area contributed by atoms with Gasteiger partial charge in [-0.05, 0) is 30.3 Å². The molecule has 104 valence electrons. The number of anilines is 2. The van der Waals surface area contributed by atoms with E-state index in [1.807, 2.05) is 0 Å². The van der Waals surface area contributed by atoms with Crippen molar-refractivity contribution < 1.29 is 4.79 Å². The average Bonchev–Trinajstić information content (AvgIpc) is 2.39. The predicted octanol–water partition coefficient (Wildman–Crippen LogP) is 5.13. The molecular formula is C13H8Cl4N2O. The zero-order valence-electron chi connectivity index (χ0n) is 9.88. The molecule has 0 aliphatic rings. The number of hydrogen-bond donors (Lipinski definition) is 2. The van der Waals surface area contributed by atoms with Crippen molar-refractivity contribution in [3.05, 3.63) is 56.0 Å². The van der Waals surface area contributed by atoms with Gasteiger partial charge in [-0.2, -0.15) is 0 Å². The highest BCUT2D eigenvalue weighted by atomic mass is 35.5. The minimum absolute atomic E-state index is 0.208.